The monoisotopic (exact) mass is 174 g/mol. The Morgan fingerprint density at radius 2 is 2.08 bits per heavy atom. The van der Waals surface area contributed by atoms with Crippen LogP contribution in [-0.4, -0.2) is 35.0 Å². The largest absolute Gasteiger partial charge is 0.479 e. The fourth-order valence-electron chi connectivity index (χ4n) is 1.34. The van der Waals surface area contributed by atoms with E-state index in [4.69, 9.17) is 9.84 Å². The average Bonchev–Trinajstić information content (AvgIpc) is 2.00. The lowest BCUT2D eigenvalue weighted by Crippen LogP contribution is -2.48. The van der Waals surface area contributed by atoms with E-state index >= 15 is 0 Å². The highest BCUT2D eigenvalue weighted by Crippen LogP contribution is 2.25. The van der Waals surface area contributed by atoms with E-state index in [2.05, 4.69) is 0 Å². The third-order valence-electron chi connectivity index (χ3n) is 2.53. The Bertz CT molecular complexity index is 180. The van der Waals surface area contributed by atoms with Gasteiger partial charge in [0.05, 0.1) is 12.7 Å². The smallest absolute Gasteiger partial charge is 0.335 e. The van der Waals surface area contributed by atoms with Crippen LogP contribution in [0.4, 0.5) is 0 Å². The van der Waals surface area contributed by atoms with Crippen molar-refractivity contribution >= 4 is 5.97 Å². The SMILES string of the molecule is CC1COC(C(=O)O)C(O)C1C. The van der Waals surface area contributed by atoms with Crippen LogP contribution in [0.5, 0.6) is 0 Å². The lowest BCUT2D eigenvalue weighted by Gasteiger charge is -2.34. The molecular formula is C8H14O4. The zero-order valence-electron chi connectivity index (χ0n) is 7.23. The highest BCUT2D eigenvalue weighted by Gasteiger charge is 2.38. The predicted molar refractivity (Wildman–Crippen MR) is 41.7 cm³/mol. The third kappa shape index (κ3) is 1.59. The summed E-state index contributed by atoms with van der Waals surface area (Å²) in [5, 5.41) is 18.1. The molecule has 0 amide bonds. The van der Waals surface area contributed by atoms with Crippen molar-refractivity contribution in [2.45, 2.75) is 26.1 Å². The van der Waals surface area contributed by atoms with E-state index in [1.807, 2.05) is 13.8 Å². The maximum atomic E-state index is 10.5. The Kier molecular flexibility index (Phi) is 2.69. The summed E-state index contributed by atoms with van der Waals surface area (Å²) >= 11 is 0. The molecule has 4 atom stereocenters. The quantitative estimate of drug-likeness (QED) is 0.591. The molecule has 1 heterocycles. The third-order valence-corrected chi connectivity index (χ3v) is 2.53. The number of hydrogen-bond acceptors (Lipinski definition) is 3. The van der Waals surface area contributed by atoms with Crippen LogP contribution in [-0.2, 0) is 9.53 Å². The first-order valence-corrected chi connectivity index (χ1v) is 4.06. The Balaban J connectivity index is 2.65. The number of hydrogen-bond donors (Lipinski definition) is 2. The number of carbonyl (C=O) groups is 1. The van der Waals surface area contributed by atoms with Crippen LogP contribution in [0, 0.1) is 11.8 Å². The van der Waals surface area contributed by atoms with Gasteiger partial charge in [0, 0.05) is 0 Å². The van der Waals surface area contributed by atoms with Crippen LogP contribution in [0.2, 0.25) is 0 Å². The molecule has 12 heavy (non-hydrogen) atoms. The Morgan fingerprint density at radius 3 is 2.58 bits per heavy atom. The molecule has 0 radical (unpaired) electrons. The van der Waals surface area contributed by atoms with Gasteiger partial charge in [-0.05, 0) is 11.8 Å². The maximum Gasteiger partial charge on any atom is 0.335 e. The summed E-state index contributed by atoms with van der Waals surface area (Å²) in [6.07, 6.45) is -1.93. The molecular weight excluding hydrogens is 160 g/mol. The minimum absolute atomic E-state index is 0.0140. The molecule has 0 aromatic heterocycles. The molecule has 70 valence electrons. The topological polar surface area (TPSA) is 66.8 Å². The van der Waals surface area contributed by atoms with Crippen molar-refractivity contribution < 1.29 is 19.7 Å². The number of aliphatic hydroxyl groups is 1. The molecule has 1 saturated heterocycles. The van der Waals surface area contributed by atoms with Gasteiger partial charge in [-0.15, -0.1) is 0 Å². The van der Waals surface area contributed by atoms with Crippen LogP contribution >= 0.6 is 0 Å². The summed E-state index contributed by atoms with van der Waals surface area (Å²) in [7, 11) is 0. The molecule has 1 rings (SSSR count). The fraction of sp³-hybridized carbons (Fsp3) is 0.875. The summed E-state index contributed by atoms with van der Waals surface area (Å²) in [4.78, 5) is 10.5. The Hall–Kier alpha value is -0.610. The van der Waals surface area contributed by atoms with Crippen LogP contribution in [0.1, 0.15) is 13.8 Å². The fourth-order valence-corrected chi connectivity index (χ4v) is 1.34. The van der Waals surface area contributed by atoms with E-state index in [1.165, 1.54) is 0 Å². The van der Waals surface area contributed by atoms with E-state index in [1.54, 1.807) is 0 Å². The molecule has 0 aromatic rings. The minimum atomic E-state index is -1.08. The number of aliphatic carboxylic acids is 1. The second-order valence-electron chi connectivity index (χ2n) is 3.42. The number of ether oxygens (including phenoxy) is 1. The van der Waals surface area contributed by atoms with Gasteiger partial charge in [0.1, 0.15) is 0 Å². The van der Waals surface area contributed by atoms with Gasteiger partial charge in [-0.25, -0.2) is 4.79 Å². The summed E-state index contributed by atoms with van der Waals surface area (Å²) in [5.41, 5.74) is 0. The molecule has 2 N–H and O–H groups in total. The molecule has 0 aromatic carbocycles. The molecule has 1 fully saturated rings. The normalized spacial score (nSPS) is 42.6. The number of rotatable bonds is 1. The summed E-state index contributed by atoms with van der Waals surface area (Å²) in [6.45, 7) is 4.19. The zero-order valence-corrected chi connectivity index (χ0v) is 7.23. The van der Waals surface area contributed by atoms with Crippen molar-refractivity contribution in [3.63, 3.8) is 0 Å². The van der Waals surface area contributed by atoms with Gasteiger partial charge in [0.2, 0.25) is 0 Å². The Morgan fingerprint density at radius 1 is 1.50 bits per heavy atom. The maximum absolute atomic E-state index is 10.5. The van der Waals surface area contributed by atoms with E-state index in [-0.39, 0.29) is 11.8 Å². The standard InChI is InChI=1S/C8H14O4/c1-4-3-12-7(8(10)11)6(9)5(4)2/h4-7,9H,3H2,1-2H3,(H,10,11). The van der Waals surface area contributed by atoms with Crippen molar-refractivity contribution in [1.29, 1.82) is 0 Å². The first-order chi connectivity index (χ1) is 5.54. The van der Waals surface area contributed by atoms with Crippen molar-refractivity contribution in [2.75, 3.05) is 6.61 Å². The summed E-state index contributed by atoms with van der Waals surface area (Å²) in [5.74, 6) is -0.878. The number of aliphatic hydroxyl groups excluding tert-OH is 1. The molecule has 4 unspecified atom stereocenters. The van der Waals surface area contributed by atoms with Gasteiger partial charge in [-0.1, -0.05) is 13.8 Å². The molecule has 0 spiro atoms. The van der Waals surface area contributed by atoms with Crippen molar-refractivity contribution in [3.05, 3.63) is 0 Å². The van der Waals surface area contributed by atoms with E-state index in [0.29, 0.717) is 6.61 Å². The number of carboxylic acid groups (broad SMARTS) is 1. The van der Waals surface area contributed by atoms with E-state index in [9.17, 15) is 9.90 Å². The minimum Gasteiger partial charge on any atom is -0.479 e. The van der Waals surface area contributed by atoms with Crippen molar-refractivity contribution in [3.8, 4) is 0 Å². The van der Waals surface area contributed by atoms with E-state index in [0.717, 1.165) is 0 Å². The average molecular weight is 174 g/mol. The second-order valence-corrected chi connectivity index (χ2v) is 3.42. The van der Waals surface area contributed by atoms with Crippen LogP contribution in [0.15, 0.2) is 0 Å². The van der Waals surface area contributed by atoms with Gasteiger partial charge >= 0.3 is 5.97 Å². The van der Waals surface area contributed by atoms with Crippen LogP contribution in [0.3, 0.4) is 0 Å². The molecule has 1 aliphatic heterocycles. The van der Waals surface area contributed by atoms with Crippen LogP contribution in [0.25, 0.3) is 0 Å². The first-order valence-electron chi connectivity index (χ1n) is 4.06. The van der Waals surface area contributed by atoms with Gasteiger partial charge in [0.25, 0.3) is 0 Å². The molecule has 1 aliphatic rings. The highest BCUT2D eigenvalue weighted by molar-refractivity contribution is 5.73. The molecule has 4 heteroatoms. The molecule has 4 nitrogen and oxygen atoms in total. The molecule has 0 aliphatic carbocycles. The lowest BCUT2D eigenvalue weighted by atomic mass is 9.86. The van der Waals surface area contributed by atoms with Crippen molar-refractivity contribution in [2.24, 2.45) is 11.8 Å². The van der Waals surface area contributed by atoms with Gasteiger partial charge in [-0.3, -0.25) is 0 Å². The summed E-state index contributed by atoms with van der Waals surface area (Å²) < 4.78 is 4.98. The molecule has 0 saturated carbocycles. The molecule has 0 bridgehead atoms. The zero-order chi connectivity index (χ0) is 9.30. The first kappa shape index (κ1) is 9.48. The lowest BCUT2D eigenvalue weighted by molar-refractivity contribution is -0.175. The number of carboxylic acids is 1. The van der Waals surface area contributed by atoms with Crippen LogP contribution < -0.4 is 0 Å². The Labute approximate surface area is 71.2 Å². The van der Waals surface area contributed by atoms with E-state index < -0.39 is 18.2 Å². The highest BCUT2D eigenvalue weighted by atomic mass is 16.5. The van der Waals surface area contributed by atoms with Gasteiger partial charge < -0.3 is 14.9 Å². The van der Waals surface area contributed by atoms with Crippen molar-refractivity contribution in [1.82, 2.24) is 0 Å². The summed E-state index contributed by atoms with van der Waals surface area (Å²) in [6, 6.07) is 0. The van der Waals surface area contributed by atoms with Gasteiger partial charge in [-0.2, -0.15) is 0 Å². The second kappa shape index (κ2) is 3.41. The predicted octanol–water partition coefficient (Wildman–Crippen LogP) is 0.103. The van der Waals surface area contributed by atoms with Gasteiger partial charge in [0.15, 0.2) is 6.10 Å².